The van der Waals surface area contributed by atoms with E-state index in [2.05, 4.69) is 22.2 Å². The molecule has 2 aromatic rings. The largest absolute Gasteiger partial charge is 0.442 e. The molecule has 0 radical (unpaired) electrons. The number of alkyl carbamates (subject to hydrolysis) is 1. The van der Waals surface area contributed by atoms with Crippen LogP contribution < -0.4 is 20.4 Å². The maximum Gasteiger partial charge on any atom is 0.407 e. The van der Waals surface area contributed by atoms with E-state index in [1.807, 2.05) is 38.1 Å². The molecule has 1 aromatic heterocycles. The highest BCUT2D eigenvalue weighted by atomic mass is 19.1. The quantitative estimate of drug-likeness (QED) is 0.390. The lowest BCUT2D eigenvalue weighted by molar-refractivity contribution is -0.107. The normalized spacial score (nSPS) is 16.0. The van der Waals surface area contributed by atoms with Crippen LogP contribution in [0.4, 0.5) is 25.1 Å². The Kier molecular flexibility index (Phi) is 9.96. The molecule has 2 saturated heterocycles. The number of ether oxygens (including phenoxy) is 1. The van der Waals surface area contributed by atoms with Gasteiger partial charge in [0.2, 0.25) is 0 Å². The fourth-order valence-electron chi connectivity index (χ4n) is 4.26. The summed E-state index contributed by atoms with van der Waals surface area (Å²) in [7, 11) is 3.75. The summed E-state index contributed by atoms with van der Waals surface area (Å²) < 4.78 is 34.8. The average Bonchev–Trinajstić information content (AvgIpc) is 2.80. The third kappa shape index (κ3) is 7.25. The van der Waals surface area contributed by atoms with Crippen molar-refractivity contribution in [2.24, 2.45) is 0 Å². The first-order valence-corrected chi connectivity index (χ1v) is 12.3. The van der Waals surface area contributed by atoms with Crippen LogP contribution >= 0.6 is 0 Å². The number of hydrogen-bond acceptors (Lipinski definition) is 7. The number of benzene rings is 1. The number of halogens is 2. The summed E-state index contributed by atoms with van der Waals surface area (Å²) in [6.45, 7) is 7.65. The Labute approximate surface area is 216 Å². The molecule has 0 spiro atoms. The Hall–Kier alpha value is -3.53. The maximum absolute atomic E-state index is 14.7. The average molecular weight is 516 g/mol. The summed E-state index contributed by atoms with van der Waals surface area (Å²) in [4.78, 5) is 31.0. The lowest BCUT2D eigenvalue weighted by atomic mass is 9.93. The number of rotatable bonds is 9. The van der Waals surface area contributed by atoms with Gasteiger partial charge in [0.1, 0.15) is 29.8 Å². The van der Waals surface area contributed by atoms with Crippen LogP contribution in [-0.2, 0) is 9.53 Å². The topological polar surface area (TPSA) is 86.8 Å². The minimum atomic E-state index is -0.667. The number of hydrogen-bond donors (Lipinski definition) is 2. The molecular weight excluding hydrogens is 480 g/mol. The second kappa shape index (κ2) is 13.1. The van der Waals surface area contributed by atoms with Gasteiger partial charge < -0.3 is 30.0 Å². The van der Waals surface area contributed by atoms with Gasteiger partial charge in [0.05, 0.1) is 19.1 Å². The Balaban J connectivity index is 0.00000121. The van der Waals surface area contributed by atoms with Crippen LogP contribution in [0.3, 0.4) is 0 Å². The van der Waals surface area contributed by atoms with Crippen molar-refractivity contribution in [1.82, 2.24) is 15.6 Å². The number of aryl methyl sites for hydroxylation is 1. The SMILES string of the molecule is C=CC(CCC=O)c1c(F)cc(N2CC(NC(=O)OC3CN(c4cc(C)ccn4)C3)C2)cc1F.CNC. The van der Waals surface area contributed by atoms with Crippen molar-refractivity contribution in [2.45, 2.75) is 37.8 Å². The Morgan fingerprint density at radius 2 is 1.84 bits per heavy atom. The van der Waals surface area contributed by atoms with Gasteiger partial charge in [-0.2, -0.15) is 0 Å². The Morgan fingerprint density at radius 3 is 2.41 bits per heavy atom. The standard InChI is InChI=1S/C25H28F2N4O3.C2H7N/c1-3-17(5-4-8-32)24-21(26)10-19(11-22(24)27)30-12-18(13-30)29-25(33)34-20-14-31(15-20)23-9-16(2)6-7-28-23;1-3-2/h3,6-11,17-18,20H,1,4-5,12-15H2,2H3,(H,29,33);3H,1-2H3. The van der Waals surface area contributed by atoms with Gasteiger partial charge in [-0.15, -0.1) is 6.58 Å². The van der Waals surface area contributed by atoms with Gasteiger partial charge in [-0.1, -0.05) is 6.08 Å². The number of carbonyl (C=O) groups excluding carboxylic acids is 2. The first-order valence-electron chi connectivity index (χ1n) is 12.3. The third-order valence-corrected chi connectivity index (χ3v) is 6.23. The molecule has 0 saturated carbocycles. The van der Waals surface area contributed by atoms with Crippen molar-refractivity contribution in [3.8, 4) is 0 Å². The molecule has 4 rings (SSSR count). The van der Waals surface area contributed by atoms with Crippen molar-refractivity contribution in [1.29, 1.82) is 0 Å². The lowest BCUT2D eigenvalue weighted by Gasteiger charge is -2.42. The zero-order valence-corrected chi connectivity index (χ0v) is 21.5. The van der Waals surface area contributed by atoms with E-state index in [0.29, 0.717) is 38.3 Å². The van der Waals surface area contributed by atoms with E-state index in [4.69, 9.17) is 4.74 Å². The van der Waals surface area contributed by atoms with Gasteiger partial charge in [-0.05, 0) is 57.3 Å². The molecule has 1 unspecified atom stereocenters. The smallest absolute Gasteiger partial charge is 0.407 e. The third-order valence-electron chi connectivity index (χ3n) is 6.23. The molecule has 2 fully saturated rings. The first-order chi connectivity index (χ1) is 17.8. The van der Waals surface area contributed by atoms with Gasteiger partial charge in [-0.3, -0.25) is 0 Å². The number of pyridine rings is 1. The zero-order chi connectivity index (χ0) is 26.9. The molecule has 8 nitrogen and oxygen atoms in total. The molecule has 3 heterocycles. The van der Waals surface area contributed by atoms with Gasteiger partial charge in [-0.25, -0.2) is 18.6 Å². The summed E-state index contributed by atoms with van der Waals surface area (Å²) in [5.74, 6) is -1.04. The van der Waals surface area contributed by atoms with E-state index in [1.54, 1.807) is 11.1 Å². The number of anilines is 2. The molecule has 1 aromatic carbocycles. The molecule has 37 heavy (non-hydrogen) atoms. The van der Waals surface area contributed by atoms with Crippen LogP contribution in [0.2, 0.25) is 0 Å². The van der Waals surface area contributed by atoms with Crippen molar-refractivity contribution in [3.05, 3.63) is 65.9 Å². The molecule has 10 heteroatoms. The second-order valence-electron chi connectivity index (χ2n) is 9.28. The van der Waals surface area contributed by atoms with Gasteiger partial charge in [0, 0.05) is 42.9 Å². The number of aldehydes is 1. The summed E-state index contributed by atoms with van der Waals surface area (Å²) in [5.41, 5.74) is 1.45. The predicted octanol–water partition coefficient (Wildman–Crippen LogP) is 3.56. The van der Waals surface area contributed by atoms with E-state index in [1.165, 1.54) is 18.2 Å². The minimum Gasteiger partial charge on any atom is -0.442 e. The molecule has 2 aliphatic rings. The van der Waals surface area contributed by atoms with Gasteiger partial charge in [0.15, 0.2) is 0 Å². The molecule has 0 bridgehead atoms. The molecule has 1 amide bonds. The van der Waals surface area contributed by atoms with Crippen LogP contribution in [0.25, 0.3) is 0 Å². The van der Waals surface area contributed by atoms with Crippen molar-refractivity contribution >= 4 is 23.9 Å². The highest BCUT2D eigenvalue weighted by Crippen LogP contribution is 2.32. The molecular formula is C27H35F2N5O3. The van der Waals surface area contributed by atoms with Crippen molar-refractivity contribution in [2.75, 3.05) is 50.1 Å². The van der Waals surface area contributed by atoms with Crippen LogP contribution in [0.5, 0.6) is 0 Å². The van der Waals surface area contributed by atoms with Crippen LogP contribution in [0.1, 0.15) is 29.9 Å². The summed E-state index contributed by atoms with van der Waals surface area (Å²) in [6, 6.07) is 6.32. The lowest BCUT2D eigenvalue weighted by Crippen LogP contribution is -2.61. The van der Waals surface area contributed by atoms with Crippen molar-refractivity contribution in [3.63, 3.8) is 0 Å². The second-order valence-corrected chi connectivity index (χ2v) is 9.28. The van der Waals surface area contributed by atoms with E-state index in [9.17, 15) is 18.4 Å². The van der Waals surface area contributed by atoms with Crippen LogP contribution in [0.15, 0.2) is 43.1 Å². The maximum atomic E-state index is 14.7. The molecule has 1 atom stereocenters. The Morgan fingerprint density at radius 1 is 1.19 bits per heavy atom. The first kappa shape index (κ1) is 28.0. The van der Waals surface area contributed by atoms with Crippen LogP contribution in [0, 0.1) is 18.6 Å². The van der Waals surface area contributed by atoms with Crippen LogP contribution in [-0.4, -0.2) is 69.8 Å². The summed E-state index contributed by atoms with van der Waals surface area (Å²) in [6.07, 6.45) is 3.74. The highest BCUT2D eigenvalue weighted by Gasteiger charge is 2.34. The molecule has 0 aliphatic carbocycles. The Bertz CT molecular complexity index is 1060. The number of allylic oxidation sites excluding steroid dienone is 1. The van der Waals surface area contributed by atoms with E-state index in [-0.39, 0.29) is 24.1 Å². The molecule has 2 N–H and O–H groups in total. The monoisotopic (exact) mass is 515 g/mol. The van der Waals surface area contributed by atoms with Gasteiger partial charge in [0.25, 0.3) is 0 Å². The number of carbonyl (C=O) groups is 2. The molecule has 2 aliphatic heterocycles. The summed E-state index contributed by atoms with van der Waals surface area (Å²) >= 11 is 0. The predicted molar refractivity (Wildman–Crippen MR) is 140 cm³/mol. The number of aromatic nitrogens is 1. The molecule has 200 valence electrons. The summed E-state index contributed by atoms with van der Waals surface area (Å²) in [5, 5.41) is 5.55. The fraction of sp³-hybridized carbons (Fsp3) is 0.444. The zero-order valence-electron chi connectivity index (χ0n) is 21.5. The number of nitrogens with zero attached hydrogens (tertiary/aromatic N) is 3. The van der Waals surface area contributed by atoms with E-state index < -0.39 is 23.6 Å². The fourth-order valence-corrected chi connectivity index (χ4v) is 4.26. The van der Waals surface area contributed by atoms with E-state index >= 15 is 0 Å². The van der Waals surface area contributed by atoms with Crippen molar-refractivity contribution < 1.29 is 23.1 Å². The highest BCUT2D eigenvalue weighted by molar-refractivity contribution is 5.69. The minimum absolute atomic E-state index is 0.0743. The van der Waals surface area contributed by atoms with E-state index in [0.717, 1.165) is 17.7 Å². The number of nitrogens with one attached hydrogen (secondary N) is 2. The van der Waals surface area contributed by atoms with Gasteiger partial charge >= 0.3 is 6.09 Å². The number of amides is 1.